The van der Waals surface area contributed by atoms with Crippen molar-refractivity contribution in [1.29, 1.82) is 0 Å². The van der Waals surface area contributed by atoms with E-state index < -0.39 is 18.4 Å². The summed E-state index contributed by atoms with van der Waals surface area (Å²) in [6.45, 7) is 2.02. The van der Waals surface area contributed by atoms with Gasteiger partial charge in [0, 0.05) is 22.1 Å². The van der Waals surface area contributed by atoms with Crippen LogP contribution in [-0.4, -0.2) is 6.18 Å². The third-order valence-corrected chi connectivity index (χ3v) is 5.76. The summed E-state index contributed by atoms with van der Waals surface area (Å²) in [4.78, 5) is 0. The topological polar surface area (TPSA) is 0 Å². The van der Waals surface area contributed by atoms with E-state index >= 15 is 4.39 Å². The van der Waals surface area contributed by atoms with Gasteiger partial charge in [-0.1, -0.05) is 78.6 Å². The number of rotatable bonds is 5. The lowest BCUT2D eigenvalue weighted by atomic mass is 9.98. The summed E-state index contributed by atoms with van der Waals surface area (Å²) in [5, 5.41) is 1.16. The number of alkyl halides is 3. The molecule has 4 rings (SSSR count). The van der Waals surface area contributed by atoms with Gasteiger partial charge in [0.25, 0.3) is 0 Å². The van der Waals surface area contributed by atoms with E-state index in [0.29, 0.717) is 21.9 Å². The summed E-state index contributed by atoms with van der Waals surface area (Å²) in [6.07, 6.45) is 0.931. The smallest absolute Gasteiger partial charge is 0.206 e. The molecular weight excluding hydrogens is 448 g/mol. The SMILES string of the molecule is C/C=C/CCc1ccc(C#Cc2ccc3c(F)c(-c4ccc(CC(F)(F)F)cc4)ccc3c2)cc1. The predicted molar refractivity (Wildman–Crippen MR) is 135 cm³/mol. The summed E-state index contributed by atoms with van der Waals surface area (Å²) < 4.78 is 53.0. The van der Waals surface area contributed by atoms with Crippen molar-refractivity contribution in [2.24, 2.45) is 0 Å². The maximum Gasteiger partial charge on any atom is 0.393 e. The van der Waals surface area contributed by atoms with Crippen LogP contribution in [0.5, 0.6) is 0 Å². The van der Waals surface area contributed by atoms with Gasteiger partial charge < -0.3 is 0 Å². The number of hydrogen-bond donors (Lipinski definition) is 0. The quantitative estimate of drug-likeness (QED) is 0.155. The first-order chi connectivity index (χ1) is 16.8. The van der Waals surface area contributed by atoms with Crippen molar-refractivity contribution in [1.82, 2.24) is 0 Å². The van der Waals surface area contributed by atoms with Crippen LogP contribution in [0.1, 0.15) is 35.6 Å². The Kier molecular flexibility index (Phi) is 7.36. The van der Waals surface area contributed by atoms with E-state index in [1.54, 1.807) is 18.2 Å². The lowest BCUT2D eigenvalue weighted by Gasteiger charge is -2.10. The van der Waals surface area contributed by atoms with E-state index in [-0.39, 0.29) is 5.56 Å². The highest BCUT2D eigenvalue weighted by Crippen LogP contribution is 2.30. The normalized spacial score (nSPS) is 11.6. The first-order valence-corrected chi connectivity index (χ1v) is 11.4. The van der Waals surface area contributed by atoms with E-state index in [2.05, 4.69) is 36.1 Å². The molecule has 0 aliphatic carbocycles. The molecule has 0 heterocycles. The van der Waals surface area contributed by atoms with Crippen molar-refractivity contribution >= 4 is 10.8 Å². The van der Waals surface area contributed by atoms with Crippen LogP contribution in [0.2, 0.25) is 0 Å². The van der Waals surface area contributed by atoms with Crippen LogP contribution >= 0.6 is 0 Å². The van der Waals surface area contributed by atoms with E-state index in [4.69, 9.17) is 0 Å². The standard InChI is InChI=1S/C31H24F4/c1-2-3-4-5-22-6-8-23(9-7-22)10-11-24-14-18-29-27(20-24)17-19-28(30(29)32)26-15-12-25(13-16-26)21-31(33,34)35/h2-3,6-9,12-20H,4-5,21H2,1H3/b3-2+. The van der Waals surface area contributed by atoms with Crippen LogP contribution < -0.4 is 0 Å². The van der Waals surface area contributed by atoms with Crippen LogP contribution in [0.4, 0.5) is 17.6 Å². The molecule has 4 aromatic rings. The van der Waals surface area contributed by atoms with Crippen LogP contribution in [0.3, 0.4) is 0 Å². The monoisotopic (exact) mass is 472 g/mol. The van der Waals surface area contributed by atoms with Crippen molar-refractivity contribution in [2.45, 2.75) is 32.4 Å². The van der Waals surface area contributed by atoms with Gasteiger partial charge in [-0.3, -0.25) is 0 Å². The molecule has 0 aliphatic rings. The maximum atomic E-state index is 15.2. The second kappa shape index (κ2) is 10.6. The largest absolute Gasteiger partial charge is 0.393 e. The lowest BCUT2D eigenvalue weighted by Crippen LogP contribution is -2.11. The van der Waals surface area contributed by atoms with Crippen LogP contribution in [0.25, 0.3) is 21.9 Å². The molecule has 35 heavy (non-hydrogen) atoms. The fraction of sp³-hybridized carbons (Fsp3) is 0.161. The first-order valence-electron chi connectivity index (χ1n) is 11.4. The van der Waals surface area contributed by atoms with E-state index in [0.717, 1.165) is 24.0 Å². The highest BCUT2D eigenvalue weighted by Gasteiger charge is 2.27. The molecule has 0 fully saturated rings. The molecule has 0 N–H and O–H groups in total. The molecule has 0 bridgehead atoms. The fourth-order valence-corrected chi connectivity index (χ4v) is 3.94. The minimum absolute atomic E-state index is 0.147. The number of halogens is 4. The highest BCUT2D eigenvalue weighted by molar-refractivity contribution is 5.89. The third-order valence-electron chi connectivity index (χ3n) is 5.76. The van der Waals surface area contributed by atoms with Gasteiger partial charge in [-0.15, -0.1) is 0 Å². The van der Waals surface area contributed by atoms with E-state index in [1.165, 1.54) is 29.8 Å². The maximum absolute atomic E-state index is 15.2. The van der Waals surface area contributed by atoms with Gasteiger partial charge >= 0.3 is 6.18 Å². The second-order valence-electron chi connectivity index (χ2n) is 8.41. The van der Waals surface area contributed by atoms with Gasteiger partial charge in [-0.05, 0) is 66.1 Å². The zero-order valence-corrected chi connectivity index (χ0v) is 19.3. The molecule has 4 heteroatoms. The Bertz CT molecular complexity index is 1400. The van der Waals surface area contributed by atoms with Gasteiger partial charge in [0.05, 0.1) is 6.42 Å². The number of allylic oxidation sites excluding steroid dienone is 2. The highest BCUT2D eigenvalue weighted by atomic mass is 19.4. The van der Waals surface area contributed by atoms with Crippen molar-refractivity contribution in [3.05, 3.63) is 119 Å². The number of benzene rings is 4. The fourth-order valence-electron chi connectivity index (χ4n) is 3.94. The summed E-state index contributed by atoms with van der Waals surface area (Å²) in [7, 11) is 0. The molecule has 0 radical (unpaired) electrons. The zero-order chi connectivity index (χ0) is 24.8. The average Bonchev–Trinajstić information content (AvgIpc) is 2.84. The summed E-state index contributed by atoms with van der Waals surface area (Å²) in [5.41, 5.74) is 3.99. The number of aryl methyl sites for hydroxylation is 1. The molecule has 176 valence electrons. The minimum atomic E-state index is -4.27. The molecule has 0 unspecified atom stereocenters. The van der Waals surface area contributed by atoms with E-state index in [9.17, 15) is 13.2 Å². The Morgan fingerprint density at radius 1 is 0.771 bits per heavy atom. The molecule has 0 aliphatic heterocycles. The number of hydrogen-bond acceptors (Lipinski definition) is 0. The van der Waals surface area contributed by atoms with Crippen molar-refractivity contribution in [3.63, 3.8) is 0 Å². The Hall–Kier alpha value is -3.84. The van der Waals surface area contributed by atoms with Crippen LogP contribution in [0.15, 0.2) is 91.0 Å². The van der Waals surface area contributed by atoms with Gasteiger partial charge in [0.2, 0.25) is 0 Å². The molecule has 0 spiro atoms. The third kappa shape index (κ3) is 6.39. The Balaban J connectivity index is 1.53. The van der Waals surface area contributed by atoms with Crippen molar-refractivity contribution < 1.29 is 17.6 Å². The first kappa shape index (κ1) is 24.3. The zero-order valence-electron chi connectivity index (χ0n) is 19.3. The number of fused-ring (bicyclic) bond motifs is 1. The van der Waals surface area contributed by atoms with Crippen molar-refractivity contribution in [3.8, 4) is 23.0 Å². The Labute approximate surface area is 202 Å². The molecule has 4 aromatic carbocycles. The van der Waals surface area contributed by atoms with Crippen LogP contribution in [0, 0.1) is 17.7 Å². The van der Waals surface area contributed by atoms with Crippen molar-refractivity contribution in [2.75, 3.05) is 0 Å². The molecule has 0 nitrogen and oxygen atoms in total. The van der Waals surface area contributed by atoms with Gasteiger partial charge in [-0.2, -0.15) is 13.2 Å². The minimum Gasteiger partial charge on any atom is -0.206 e. The molecule has 0 amide bonds. The van der Waals surface area contributed by atoms with Crippen LogP contribution in [-0.2, 0) is 12.8 Å². The molecule has 0 atom stereocenters. The second-order valence-corrected chi connectivity index (χ2v) is 8.41. The Morgan fingerprint density at radius 2 is 1.43 bits per heavy atom. The summed E-state index contributed by atoms with van der Waals surface area (Å²) in [6, 6.07) is 22.8. The van der Waals surface area contributed by atoms with Gasteiger partial charge in [0.1, 0.15) is 5.82 Å². The molecular formula is C31H24F4. The van der Waals surface area contributed by atoms with Gasteiger partial charge in [0.15, 0.2) is 0 Å². The average molecular weight is 473 g/mol. The summed E-state index contributed by atoms with van der Waals surface area (Å²) in [5.74, 6) is 5.89. The molecule has 0 saturated heterocycles. The molecule has 0 saturated carbocycles. The van der Waals surface area contributed by atoms with Gasteiger partial charge in [-0.25, -0.2) is 4.39 Å². The molecule has 0 aromatic heterocycles. The predicted octanol–water partition coefficient (Wildman–Crippen LogP) is 8.66. The lowest BCUT2D eigenvalue weighted by molar-refractivity contribution is -0.127. The van der Waals surface area contributed by atoms with E-state index in [1.807, 2.05) is 31.2 Å². The Morgan fingerprint density at radius 3 is 2.11 bits per heavy atom. The summed E-state index contributed by atoms with van der Waals surface area (Å²) >= 11 is 0.